The highest BCUT2D eigenvalue weighted by molar-refractivity contribution is 5.87. The maximum absolute atomic E-state index is 12.1. The molecule has 0 radical (unpaired) electrons. The molecular formula is C16H23N3O3. The lowest BCUT2D eigenvalue weighted by atomic mass is 10.2. The first kappa shape index (κ1) is 16.1. The van der Waals surface area contributed by atoms with Crippen LogP contribution in [0, 0.1) is 6.92 Å². The highest BCUT2D eigenvalue weighted by atomic mass is 16.5. The van der Waals surface area contributed by atoms with E-state index in [2.05, 4.69) is 10.6 Å². The van der Waals surface area contributed by atoms with Crippen LogP contribution in [0.5, 0.6) is 5.75 Å². The summed E-state index contributed by atoms with van der Waals surface area (Å²) in [6.07, 6.45) is 2.08. The van der Waals surface area contributed by atoms with Crippen molar-refractivity contribution in [3.63, 3.8) is 0 Å². The Hall–Kier alpha value is -2.24. The van der Waals surface area contributed by atoms with Crippen molar-refractivity contribution in [2.45, 2.75) is 25.8 Å². The van der Waals surface area contributed by atoms with Gasteiger partial charge in [-0.25, -0.2) is 0 Å². The average Bonchev–Trinajstić information content (AvgIpc) is 3.28. The molecule has 2 amide bonds. The number of rotatable bonds is 7. The maximum Gasteiger partial charge on any atom is 0.242 e. The van der Waals surface area contributed by atoms with Crippen molar-refractivity contribution in [2.24, 2.45) is 0 Å². The summed E-state index contributed by atoms with van der Waals surface area (Å²) in [5, 5.41) is 5.93. The number of ether oxygens (including phenoxy) is 1. The van der Waals surface area contributed by atoms with E-state index in [4.69, 9.17) is 4.74 Å². The topological polar surface area (TPSA) is 70.7 Å². The molecule has 1 aliphatic carbocycles. The van der Waals surface area contributed by atoms with Crippen LogP contribution in [0.1, 0.15) is 18.4 Å². The van der Waals surface area contributed by atoms with Crippen molar-refractivity contribution in [1.82, 2.24) is 10.2 Å². The second-order valence-corrected chi connectivity index (χ2v) is 5.65. The quantitative estimate of drug-likeness (QED) is 0.793. The number of aryl methyl sites for hydroxylation is 1. The van der Waals surface area contributed by atoms with Crippen LogP contribution in [-0.2, 0) is 9.59 Å². The SMILES string of the molecule is COc1ccc(C)cc1NCC(=O)N(C)CC(=O)NC1CC1. The third-order valence-electron chi connectivity index (χ3n) is 3.53. The molecule has 0 atom stereocenters. The van der Waals surface area contributed by atoms with E-state index < -0.39 is 0 Å². The molecule has 0 aromatic heterocycles. The van der Waals surface area contributed by atoms with Gasteiger partial charge in [-0.05, 0) is 37.5 Å². The highest BCUT2D eigenvalue weighted by Gasteiger charge is 2.24. The van der Waals surface area contributed by atoms with Crippen LogP contribution in [-0.4, -0.2) is 50.0 Å². The molecular weight excluding hydrogens is 282 g/mol. The molecule has 1 aliphatic rings. The van der Waals surface area contributed by atoms with Gasteiger partial charge in [-0.2, -0.15) is 0 Å². The molecule has 0 heterocycles. The van der Waals surface area contributed by atoms with Crippen molar-refractivity contribution in [2.75, 3.05) is 32.6 Å². The van der Waals surface area contributed by atoms with E-state index in [1.165, 1.54) is 4.90 Å². The summed E-state index contributed by atoms with van der Waals surface area (Å²) in [6, 6.07) is 6.03. The zero-order chi connectivity index (χ0) is 16.1. The predicted octanol–water partition coefficient (Wildman–Crippen LogP) is 1.15. The van der Waals surface area contributed by atoms with E-state index in [0.29, 0.717) is 11.8 Å². The molecule has 120 valence electrons. The number of hydrogen-bond donors (Lipinski definition) is 2. The first-order valence-corrected chi connectivity index (χ1v) is 7.41. The summed E-state index contributed by atoms with van der Waals surface area (Å²) in [4.78, 5) is 25.2. The molecule has 0 spiro atoms. The number of benzene rings is 1. The van der Waals surface area contributed by atoms with Gasteiger partial charge in [-0.1, -0.05) is 6.07 Å². The molecule has 6 nitrogen and oxygen atoms in total. The van der Waals surface area contributed by atoms with E-state index in [0.717, 1.165) is 24.1 Å². The van der Waals surface area contributed by atoms with Gasteiger partial charge >= 0.3 is 0 Å². The number of hydrogen-bond acceptors (Lipinski definition) is 4. The second-order valence-electron chi connectivity index (χ2n) is 5.65. The minimum Gasteiger partial charge on any atom is -0.495 e. The number of amides is 2. The van der Waals surface area contributed by atoms with Gasteiger partial charge in [-0.15, -0.1) is 0 Å². The van der Waals surface area contributed by atoms with Gasteiger partial charge in [0, 0.05) is 13.1 Å². The summed E-state index contributed by atoms with van der Waals surface area (Å²) in [5.74, 6) is 0.438. The van der Waals surface area contributed by atoms with Gasteiger partial charge in [0.25, 0.3) is 0 Å². The lowest BCUT2D eigenvalue weighted by molar-refractivity contribution is -0.133. The normalized spacial score (nSPS) is 13.4. The molecule has 1 aromatic rings. The Morgan fingerprint density at radius 2 is 2.09 bits per heavy atom. The number of anilines is 1. The van der Waals surface area contributed by atoms with Gasteiger partial charge in [0.05, 0.1) is 25.9 Å². The van der Waals surface area contributed by atoms with Crippen molar-refractivity contribution in [1.29, 1.82) is 0 Å². The zero-order valence-electron chi connectivity index (χ0n) is 13.3. The number of carbonyl (C=O) groups is 2. The van der Waals surface area contributed by atoms with E-state index in [9.17, 15) is 9.59 Å². The van der Waals surface area contributed by atoms with Gasteiger partial charge in [0.2, 0.25) is 11.8 Å². The molecule has 2 rings (SSSR count). The fraction of sp³-hybridized carbons (Fsp3) is 0.500. The van der Waals surface area contributed by atoms with Crippen LogP contribution >= 0.6 is 0 Å². The first-order chi connectivity index (χ1) is 10.5. The molecule has 2 N–H and O–H groups in total. The number of methoxy groups -OCH3 is 1. The Morgan fingerprint density at radius 3 is 2.73 bits per heavy atom. The van der Waals surface area contributed by atoms with Crippen molar-refractivity contribution < 1.29 is 14.3 Å². The van der Waals surface area contributed by atoms with Gasteiger partial charge in [-0.3, -0.25) is 9.59 Å². The monoisotopic (exact) mass is 305 g/mol. The Kier molecular flexibility index (Phi) is 5.25. The summed E-state index contributed by atoms with van der Waals surface area (Å²) in [7, 11) is 3.22. The Bertz CT molecular complexity index is 556. The largest absolute Gasteiger partial charge is 0.495 e. The standard InChI is InChI=1S/C16H23N3O3/c1-11-4-7-14(22-3)13(8-11)17-9-16(21)19(2)10-15(20)18-12-5-6-12/h4,7-8,12,17H,5-6,9-10H2,1-3H3,(H,18,20). The molecule has 0 unspecified atom stereocenters. The Morgan fingerprint density at radius 1 is 1.36 bits per heavy atom. The van der Waals surface area contributed by atoms with Crippen molar-refractivity contribution >= 4 is 17.5 Å². The predicted molar refractivity (Wildman–Crippen MR) is 85.0 cm³/mol. The molecule has 1 fully saturated rings. The number of nitrogens with zero attached hydrogens (tertiary/aromatic N) is 1. The van der Waals surface area contributed by atoms with Gasteiger partial charge in [0.15, 0.2) is 0 Å². The van der Waals surface area contributed by atoms with E-state index in [1.54, 1.807) is 14.2 Å². The summed E-state index contributed by atoms with van der Waals surface area (Å²) >= 11 is 0. The Labute approximate surface area is 130 Å². The molecule has 6 heteroatoms. The van der Waals surface area contributed by atoms with Gasteiger partial charge in [0.1, 0.15) is 5.75 Å². The minimum atomic E-state index is -0.144. The van der Waals surface area contributed by atoms with Crippen LogP contribution < -0.4 is 15.4 Å². The van der Waals surface area contributed by atoms with E-state index in [-0.39, 0.29) is 24.9 Å². The summed E-state index contributed by atoms with van der Waals surface area (Å²) < 4.78 is 5.26. The lowest BCUT2D eigenvalue weighted by Crippen LogP contribution is -2.41. The smallest absolute Gasteiger partial charge is 0.242 e. The zero-order valence-corrected chi connectivity index (χ0v) is 13.3. The first-order valence-electron chi connectivity index (χ1n) is 7.41. The number of likely N-dealkylation sites (N-methyl/N-ethyl adjacent to an activating group) is 1. The van der Waals surface area contributed by atoms with Crippen LogP contribution in [0.4, 0.5) is 5.69 Å². The fourth-order valence-corrected chi connectivity index (χ4v) is 2.07. The van der Waals surface area contributed by atoms with E-state index in [1.807, 2.05) is 25.1 Å². The summed E-state index contributed by atoms with van der Waals surface area (Å²) in [6.45, 7) is 2.18. The van der Waals surface area contributed by atoms with Crippen LogP contribution in [0.15, 0.2) is 18.2 Å². The van der Waals surface area contributed by atoms with Crippen LogP contribution in [0.2, 0.25) is 0 Å². The fourth-order valence-electron chi connectivity index (χ4n) is 2.07. The van der Waals surface area contributed by atoms with Crippen molar-refractivity contribution in [3.05, 3.63) is 23.8 Å². The molecule has 1 saturated carbocycles. The van der Waals surface area contributed by atoms with Crippen LogP contribution in [0.25, 0.3) is 0 Å². The highest BCUT2D eigenvalue weighted by Crippen LogP contribution is 2.24. The molecule has 0 saturated heterocycles. The maximum atomic E-state index is 12.1. The molecule has 0 bridgehead atoms. The average molecular weight is 305 g/mol. The number of carbonyl (C=O) groups excluding carboxylic acids is 2. The molecule has 0 aliphatic heterocycles. The number of nitrogens with one attached hydrogen (secondary N) is 2. The van der Waals surface area contributed by atoms with Crippen LogP contribution in [0.3, 0.4) is 0 Å². The second kappa shape index (κ2) is 7.15. The minimum absolute atomic E-state index is 0.0853. The molecule has 1 aromatic carbocycles. The molecule has 22 heavy (non-hydrogen) atoms. The Balaban J connectivity index is 1.83. The van der Waals surface area contributed by atoms with Crippen molar-refractivity contribution in [3.8, 4) is 5.75 Å². The lowest BCUT2D eigenvalue weighted by Gasteiger charge is -2.18. The third kappa shape index (κ3) is 4.65. The third-order valence-corrected chi connectivity index (χ3v) is 3.53. The van der Waals surface area contributed by atoms with Gasteiger partial charge < -0.3 is 20.3 Å². The summed E-state index contributed by atoms with van der Waals surface area (Å²) in [5.41, 5.74) is 1.85. The van der Waals surface area contributed by atoms with E-state index >= 15 is 0 Å².